The molecule has 196 valence electrons. The topological polar surface area (TPSA) is 108 Å². The molecular formula is C30H23FN8S. The number of aromatic amines is 2. The molecule has 1 aromatic carbocycles. The van der Waals surface area contributed by atoms with Crippen molar-refractivity contribution >= 4 is 33.3 Å². The average molecular weight is 547 g/mol. The quantitative estimate of drug-likeness (QED) is 0.213. The second-order valence-corrected chi connectivity index (χ2v) is 10.8. The van der Waals surface area contributed by atoms with Crippen molar-refractivity contribution in [1.82, 2.24) is 40.4 Å². The first-order valence-corrected chi connectivity index (χ1v) is 13.6. The van der Waals surface area contributed by atoms with E-state index < -0.39 is 5.82 Å². The number of aromatic nitrogens is 7. The highest BCUT2D eigenvalue weighted by atomic mass is 32.1. The van der Waals surface area contributed by atoms with Crippen molar-refractivity contribution in [2.75, 3.05) is 0 Å². The molecule has 3 N–H and O–H groups in total. The van der Waals surface area contributed by atoms with Gasteiger partial charge < -0.3 is 10.3 Å². The molecule has 40 heavy (non-hydrogen) atoms. The van der Waals surface area contributed by atoms with E-state index in [-0.39, 0.29) is 5.69 Å². The number of rotatable bonds is 7. The van der Waals surface area contributed by atoms with E-state index >= 15 is 4.39 Å². The third-order valence-corrected chi connectivity index (χ3v) is 7.77. The van der Waals surface area contributed by atoms with Crippen LogP contribution in [0.3, 0.4) is 0 Å². The molecule has 10 heteroatoms. The van der Waals surface area contributed by atoms with Crippen molar-refractivity contribution < 1.29 is 4.39 Å². The molecule has 8 nitrogen and oxygen atoms in total. The van der Waals surface area contributed by atoms with Gasteiger partial charge in [-0.05, 0) is 36.2 Å². The van der Waals surface area contributed by atoms with Crippen LogP contribution < -0.4 is 5.32 Å². The molecule has 0 aliphatic rings. The molecule has 0 aliphatic carbocycles. The van der Waals surface area contributed by atoms with Crippen LogP contribution in [-0.2, 0) is 13.1 Å². The van der Waals surface area contributed by atoms with Crippen LogP contribution in [0, 0.1) is 12.7 Å². The fourth-order valence-electron chi connectivity index (χ4n) is 4.81. The standard InChI is InChI=1S/C30H23FN8S/c1-17-7-8-24(40-17)21-14-34-15-23-28(21)37-30(36-23)29-25-22(38-39-29)16-35-27(26(25)31)20-9-19(12-33-13-20)11-32-10-18-5-3-2-4-6-18/h2-9,12-16,32H,10-11H2,1H3,(H,36,37)(H,38,39). The molecular weight excluding hydrogens is 523 g/mol. The lowest BCUT2D eigenvalue weighted by Gasteiger charge is -2.08. The highest BCUT2D eigenvalue weighted by Crippen LogP contribution is 2.35. The largest absolute Gasteiger partial charge is 0.335 e. The summed E-state index contributed by atoms with van der Waals surface area (Å²) in [6.45, 7) is 3.38. The lowest BCUT2D eigenvalue weighted by molar-refractivity contribution is 0.638. The van der Waals surface area contributed by atoms with Gasteiger partial charge in [-0.15, -0.1) is 11.3 Å². The van der Waals surface area contributed by atoms with E-state index in [1.807, 2.05) is 24.3 Å². The van der Waals surface area contributed by atoms with Crippen LogP contribution in [0.15, 0.2) is 79.5 Å². The van der Waals surface area contributed by atoms with Gasteiger partial charge in [-0.3, -0.25) is 20.1 Å². The van der Waals surface area contributed by atoms with Crippen molar-refractivity contribution in [2.45, 2.75) is 20.0 Å². The van der Waals surface area contributed by atoms with E-state index in [2.05, 4.69) is 66.6 Å². The molecule has 0 spiro atoms. The van der Waals surface area contributed by atoms with Crippen molar-refractivity contribution in [2.24, 2.45) is 0 Å². The summed E-state index contributed by atoms with van der Waals surface area (Å²) in [5.74, 6) is -0.0260. The highest BCUT2D eigenvalue weighted by molar-refractivity contribution is 7.15. The van der Waals surface area contributed by atoms with E-state index in [4.69, 9.17) is 4.98 Å². The number of hydrogen-bond acceptors (Lipinski definition) is 7. The van der Waals surface area contributed by atoms with Crippen LogP contribution in [0.2, 0.25) is 0 Å². The zero-order chi connectivity index (χ0) is 27.1. The SMILES string of the molecule is Cc1ccc(-c2cncc3[nH]c(-c4n[nH]c5cnc(-c6cncc(CNCc7ccccc7)c6)c(F)c45)nc23)s1. The van der Waals surface area contributed by atoms with E-state index in [0.29, 0.717) is 34.5 Å². The van der Waals surface area contributed by atoms with Gasteiger partial charge in [0.25, 0.3) is 0 Å². The molecule has 6 aromatic heterocycles. The molecule has 0 aliphatic heterocycles. The molecule has 0 radical (unpaired) electrons. The molecule has 7 rings (SSSR count). The van der Waals surface area contributed by atoms with Gasteiger partial charge in [0, 0.05) is 52.6 Å². The number of pyridine rings is 3. The molecule has 6 heterocycles. The van der Waals surface area contributed by atoms with E-state index in [9.17, 15) is 0 Å². The number of hydrogen-bond donors (Lipinski definition) is 3. The minimum atomic E-state index is -0.481. The number of fused-ring (bicyclic) bond motifs is 2. The molecule has 0 atom stereocenters. The summed E-state index contributed by atoms with van der Waals surface area (Å²) in [5.41, 5.74) is 6.23. The molecule has 0 unspecified atom stereocenters. The second-order valence-electron chi connectivity index (χ2n) is 9.53. The van der Waals surface area contributed by atoms with Gasteiger partial charge in [0.2, 0.25) is 0 Å². The first-order chi connectivity index (χ1) is 19.6. The van der Waals surface area contributed by atoms with Crippen LogP contribution in [0.25, 0.3) is 55.2 Å². The third-order valence-electron chi connectivity index (χ3n) is 6.74. The Morgan fingerprint density at radius 3 is 2.58 bits per heavy atom. The van der Waals surface area contributed by atoms with Crippen molar-refractivity contribution in [3.05, 3.63) is 101 Å². The maximum atomic E-state index is 16.1. The van der Waals surface area contributed by atoms with Crippen LogP contribution in [0.5, 0.6) is 0 Å². The number of H-pyrrole nitrogens is 2. The van der Waals surface area contributed by atoms with Crippen LogP contribution in [-0.4, -0.2) is 35.1 Å². The molecule has 7 aromatic rings. The van der Waals surface area contributed by atoms with Crippen molar-refractivity contribution in [3.63, 3.8) is 0 Å². The maximum absolute atomic E-state index is 16.1. The predicted molar refractivity (Wildman–Crippen MR) is 155 cm³/mol. The number of thiophene rings is 1. The third kappa shape index (κ3) is 4.42. The zero-order valence-electron chi connectivity index (χ0n) is 21.4. The summed E-state index contributed by atoms with van der Waals surface area (Å²) in [4.78, 5) is 23.5. The van der Waals surface area contributed by atoms with E-state index in [1.165, 1.54) is 10.4 Å². The van der Waals surface area contributed by atoms with Crippen LogP contribution >= 0.6 is 11.3 Å². The number of nitrogens with zero attached hydrogens (tertiary/aromatic N) is 5. The first kappa shape index (κ1) is 24.3. The fourth-order valence-corrected chi connectivity index (χ4v) is 5.69. The highest BCUT2D eigenvalue weighted by Gasteiger charge is 2.21. The van der Waals surface area contributed by atoms with Crippen molar-refractivity contribution in [1.29, 1.82) is 0 Å². The molecule has 0 amide bonds. The summed E-state index contributed by atoms with van der Waals surface area (Å²) < 4.78 is 16.1. The van der Waals surface area contributed by atoms with E-state index in [1.54, 1.807) is 42.3 Å². The Hall–Kier alpha value is -4.80. The molecule has 0 bridgehead atoms. The van der Waals surface area contributed by atoms with Gasteiger partial charge in [0.1, 0.15) is 16.9 Å². The lowest BCUT2D eigenvalue weighted by atomic mass is 10.1. The molecule has 0 saturated carbocycles. The minimum Gasteiger partial charge on any atom is -0.335 e. The second kappa shape index (κ2) is 10.1. The van der Waals surface area contributed by atoms with Crippen molar-refractivity contribution in [3.8, 4) is 33.2 Å². The smallest absolute Gasteiger partial charge is 0.161 e. The number of imidazole rings is 1. The number of nitrogens with one attached hydrogen (secondary N) is 3. The fraction of sp³-hybridized carbons (Fsp3) is 0.100. The Labute approximate surface area is 232 Å². The summed E-state index contributed by atoms with van der Waals surface area (Å²) in [7, 11) is 0. The Morgan fingerprint density at radius 2 is 1.73 bits per heavy atom. The Balaban J connectivity index is 1.23. The molecule has 0 saturated heterocycles. The monoisotopic (exact) mass is 546 g/mol. The predicted octanol–water partition coefficient (Wildman–Crippen LogP) is 6.42. The normalized spacial score (nSPS) is 11.6. The number of benzene rings is 1. The minimum absolute atomic E-state index is 0.208. The summed E-state index contributed by atoms with van der Waals surface area (Å²) in [6, 6.07) is 16.2. The van der Waals surface area contributed by atoms with Gasteiger partial charge in [-0.25, -0.2) is 9.37 Å². The molecule has 0 fully saturated rings. The van der Waals surface area contributed by atoms with Gasteiger partial charge in [0.05, 0.1) is 28.8 Å². The summed E-state index contributed by atoms with van der Waals surface area (Å²) in [6.07, 6.45) is 8.51. The average Bonchev–Trinajstić information content (AvgIpc) is 3.72. The van der Waals surface area contributed by atoms with Crippen LogP contribution in [0.4, 0.5) is 4.39 Å². The van der Waals surface area contributed by atoms with Crippen LogP contribution in [0.1, 0.15) is 16.0 Å². The zero-order valence-corrected chi connectivity index (χ0v) is 22.3. The maximum Gasteiger partial charge on any atom is 0.161 e. The Bertz CT molecular complexity index is 1970. The Kier molecular flexibility index (Phi) is 6.10. The summed E-state index contributed by atoms with van der Waals surface area (Å²) in [5, 5.41) is 11.0. The first-order valence-electron chi connectivity index (χ1n) is 12.8. The Morgan fingerprint density at radius 1 is 0.875 bits per heavy atom. The van der Waals surface area contributed by atoms with E-state index in [0.717, 1.165) is 33.6 Å². The summed E-state index contributed by atoms with van der Waals surface area (Å²) >= 11 is 1.68. The lowest BCUT2D eigenvalue weighted by Crippen LogP contribution is -2.12. The van der Waals surface area contributed by atoms with Gasteiger partial charge >= 0.3 is 0 Å². The van der Waals surface area contributed by atoms with Gasteiger partial charge in [0.15, 0.2) is 11.6 Å². The van der Waals surface area contributed by atoms with Gasteiger partial charge in [-0.1, -0.05) is 30.3 Å². The van der Waals surface area contributed by atoms with Gasteiger partial charge in [-0.2, -0.15) is 5.10 Å². The number of aryl methyl sites for hydroxylation is 1. The number of halogens is 1.